The Hall–Kier alpha value is -3.18. The van der Waals surface area contributed by atoms with E-state index >= 15 is 0 Å². The molecule has 0 aliphatic carbocycles. The van der Waals surface area contributed by atoms with Crippen LogP contribution >= 0.6 is 0 Å². The first-order valence-electron chi connectivity index (χ1n) is 9.06. The van der Waals surface area contributed by atoms with Crippen molar-refractivity contribution in [2.75, 3.05) is 11.9 Å². The molecule has 3 aromatic rings. The second-order valence-electron chi connectivity index (χ2n) is 7.00. The van der Waals surface area contributed by atoms with Crippen molar-refractivity contribution in [1.29, 1.82) is 0 Å². The van der Waals surface area contributed by atoms with Crippen LogP contribution in [0.3, 0.4) is 0 Å². The number of hydrogen-bond donors (Lipinski definition) is 3. The summed E-state index contributed by atoms with van der Waals surface area (Å²) in [6, 6.07) is 17.7. The van der Waals surface area contributed by atoms with E-state index in [4.69, 9.17) is 5.84 Å². The Labute approximate surface area is 158 Å². The number of anilines is 1. The van der Waals surface area contributed by atoms with Gasteiger partial charge in [0.25, 0.3) is 5.91 Å². The molecule has 0 saturated heterocycles. The zero-order valence-corrected chi connectivity index (χ0v) is 15.2. The molecule has 27 heavy (non-hydrogen) atoms. The quantitative estimate of drug-likeness (QED) is 0.380. The van der Waals surface area contributed by atoms with Crippen molar-refractivity contribution in [2.24, 2.45) is 10.9 Å². The molecule has 3 aromatic carbocycles. The summed E-state index contributed by atoms with van der Waals surface area (Å²) in [6.45, 7) is 4.05. The van der Waals surface area contributed by atoms with Crippen molar-refractivity contribution >= 4 is 28.6 Å². The minimum absolute atomic E-state index is 0.106. The van der Waals surface area contributed by atoms with Crippen LogP contribution in [0.1, 0.15) is 39.9 Å². The van der Waals surface area contributed by atoms with Crippen molar-refractivity contribution in [3.05, 3.63) is 76.9 Å². The van der Waals surface area contributed by atoms with E-state index in [2.05, 4.69) is 34.8 Å². The molecule has 0 saturated carbocycles. The van der Waals surface area contributed by atoms with Gasteiger partial charge < -0.3 is 16.5 Å². The second-order valence-corrected chi connectivity index (χ2v) is 7.00. The van der Waals surface area contributed by atoms with E-state index in [-0.39, 0.29) is 5.91 Å². The first-order chi connectivity index (χ1) is 13.1. The summed E-state index contributed by atoms with van der Waals surface area (Å²) in [7, 11) is 0. The average molecular weight is 358 g/mol. The Kier molecular flexibility index (Phi) is 4.60. The van der Waals surface area contributed by atoms with Gasteiger partial charge in [-0.25, -0.2) is 0 Å². The maximum absolute atomic E-state index is 12.7. The van der Waals surface area contributed by atoms with Gasteiger partial charge >= 0.3 is 0 Å². The Morgan fingerprint density at radius 3 is 2.81 bits per heavy atom. The number of carbonyl (C=O) groups is 1. The van der Waals surface area contributed by atoms with Crippen LogP contribution in [0.25, 0.3) is 10.8 Å². The van der Waals surface area contributed by atoms with E-state index in [0.717, 1.165) is 35.1 Å². The lowest BCUT2D eigenvalue weighted by Gasteiger charge is -2.24. The lowest BCUT2D eigenvalue weighted by Crippen LogP contribution is -2.26. The van der Waals surface area contributed by atoms with E-state index in [9.17, 15) is 4.79 Å². The molecule has 0 aromatic heterocycles. The van der Waals surface area contributed by atoms with Crippen LogP contribution in [-0.4, -0.2) is 18.7 Å². The SMILES string of the molecule is CC1CNCc2ccc(NC(=O)c3ccc4cc(C=NN)ccc4c3)cc21. The van der Waals surface area contributed by atoms with Gasteiger partial charge in [0, 0.05) is 24.3 Å². The molecule has 1 atom stereocenters. The predicted octanol–water partition coefficient (Wildman–Crippen LogP) is 3.59. The number of carbonyl (C=O) groups excluding carboxylic acids is 1. The zero-order chi connectivity index (χ0) is 18.8. The monoisotopic (exact) mass is 358 g/mol. The molecule has 0 radical (unpaired) electrons. The summed E-state index contributed by atoms with van der Waals surface area (Å²) in [6.07, 6.45) is 1.60. The number of hydrogen-bond acceptors (Lipinski definition) is 4. The molecule has 136 valence electrons. The Morgan fingerprint density at radius 2 is 1.96 bits per heavy atom. The van der Waals surface area contributed by atoms with Crippen molar-refractivity contribution in [3.63, 3.8) is 0 Å². The molecule has 1 amide bonds. The van der Waals surface area contributed by atoms with E-state index in [1.807, 2.05) is 42.5 Å². The molecule has 5 nitrogen and oxygen atoms in total. The van der Waals surface area contributed by atoms with Crippen molar-refractivity contribution in [2.45, 2.75) is 19.4 Å². The number of nitrogens with two attached hydrogens (primary N) is 1. The lowest BCUT2D eigenvalue weighted by atomic mass is 9.92. The van der Waals surface area contributed by atoms with Crippen LogP contribution in [-0.2, 0) is 6.54 Å². The Morgan fingerprint density at radius 1 is 1.15 bits per heavy atom. The molecule has 4 N–H and O–H groups in total. The highest BCUT2D eigenvalue weighted by molar-refractivity contribution is 6.06. The fourth-order valence-electron chi connectivity index (χ4n) is 3.60. The maximum Gasteiger partial charge on any atom is 0.255 e. The van der Waals surface area contributed by atoms with E-state index in [1.165, 1.54) is 11.1 Å². The summed E-state index contributed by atoms with van der Waals surface area (Å²) in [5.74, 6) is 5.54. The molecule has 4 rings (SSSR count). The number of amides is 1. The molecular weight excluding hydrogens is 336 g/mol. The van der Waals surface area contributed by atoms with Gasteiger partial charge in [0.15, 0.2) is 0 Å². The highest BCUT2D eigenvalue weighted by Gasteiger charge is 2.17. The topological polar surface area (TPSA) is 79.5 Å². The van der Waals surface area contributed by atoms with Gasteiger partial charge in [-0.1, -0.05) is 31.2 Å². The van der Waals surface area contributed by atoms with Crippen molar-refractivity contribution in [1.82, 2.24) is 5.32 Å². The summed E-state index contributed by atoms with van der Waals surface area (Å²) >= 11 is 0. The van der Waals surface area contributed by atoms with Gasteiger partial charge in [-0.3, -0.25) is 4.79 Å². The number of nitrogens with zero attached hydrogens (tertiary/aromatic N) is 1. The fourth-order valence-corrected chi connectivity index (χ4v) is 3.60. The third-order valence-electron chi connectivity index (χ3n) is 5.05. The third kappa shape index (κ3) is 3.55. The number of benzene rings is 3. The zero-order valence-electron chi connectivity index (χ0n) is 15.2. The standard InChI is InChI=1S/C22H22N4O/c1-14-11-24-13-19-6-7-20(10-21(14)19)26-22(27)18-5-4-16-8-15(12-25-23)2-3-17(16)9-18/h2-10,12,14,24H,11,13,23H2,1H3,(H,26,27). The number of nitrogens with one attached hydrogen (secondary N) is 2. The van der Waals surface area contributed by atoms with Gasteiger partial charge in [-0.2, -0.15) is 5.10 Å². The summed E-state index contributed by atoms with van der Waals surface area (Å²) in [5, 5.41) is 12.0. The molecule has 0 bridgehead atoms. The molecule has 0 fully saturated rings. The lowest BCUT2D eigenvalue weighted by molar-refractivity contribution is 0.102. The normalized spacial score (nSPS) is 16.4. The number of fused-ring (bicyclic) bond motifs is 2. The summed E-state index contributed by atoms with van der Waals surface area (Å²) in [5.41, 5.74) is 5.01. The predicted molar refractivity (Wildman–Crippen MR) is 110 cm³/mol. The highest BCUT2D eigenvalue weighted by Crippen LogP contribution is 2.27. The summed E-state index contributed by atoms with van der Waals surface area (Å²) < 4.78 is 0. The molecule has 1 aliphatic heterocycles. The van der Waals surface area contributed by atoms with E-state index in [1.54, 1.807) is 6.21 Å². The first kappa shape index (κ1) is 17.2. The van der Waals surface area contributed by atoms with Gasteiger partial charge in [-0.15, -0.1) is 0 Å². The molecule has 1 heterocycles. The van der Waals surface area contributed by atoms with Crippen LogP contribution in [0.2, 0.25) is 0 Å². The number of rotatable bonds is 3. The smallest absolute Gasteiger partial charge is 0.255 e. The Bertz CT molecular complexity index is 1040. The van der Waals surface area contributed by atoms with Crippen LogP contribution in [0.15, 0.2) is 59.7 Å². The molecular formula is C22H22N4O. The van der Waals surface area contributed by atoms with Crippen molar-refractivity contribution in [3.8, 4) is 0 Å². The van der Waals surface area contributed by atoms with E-state index < -0.39 is 0 Å². The first-order valence-corrected chi connectivity index (χ1v) is 9.06. The van der Waals surface area contributed by atoms with Crippen LogP contribution in [0.5, 0.6) is 0 Å². The third-order valence-corrected chi connectivity index (χ3v) is 5.05. The van der Waals surface area contributed by atoms with Crippen LogP contribution < -0.4 is 16.5 Å². The highest BCUT2D eigenvalue weighted by atomic mass is 16.1. The maximum atomic E-state index is 12.7. The largest absolute Gasteiger partial charge is 0.323 e. The molecule has 5 heteroatoms. The summed E-state index contributed by atoms with van der Waals surface area (Å²) in [4.78, 5) is 12.7. The average Bonchev–Trinajstić information content (AvgIpc) is 2.68. The van der Waals surface area contributed by atoms with E-state index in [0.29, 0.717) is 11.5 Å². The van der Waals surface area contributed by atoms with Gasteiger partial charge in [0.05, 0.1) is 6.21 Å². The molecule has 0 spiro atoms. The number of hydrazone groups is 1. The second kappa shape index (κ2) is 7.21. The van der Waals surface area contributed by atoms with Gasteiger partial charge in [0.1, 0.15) is 0 Å². The molecule has 1 aliphatic rings. The van der Waals surface area contributed by atoms with Crippen LogP contribution in [0, 0.1) is 0 Å². The molecule has 1 unspecified atom stereocenters. The Balaban J connectivity index is 1.58. The van der Waals surface area contributed by atoms with Crippen molar-refractivity contribution < 1.29 is 4.79 Å². The van der Waals surface area contributed by atoms with Gasteiger partial charge in [0.2, 0.25) is 0 Å². The fraction of sp³-hybridized carbons (Fsp3) is 0.182. The minimum Gasteiger partial charge on any atom is -0.323 e. The minimum atomic E-state index is -0.106. The van der Waals surface area contributed by atoms with Crippen LogP contribution in [0.4, 0.5) is 5.69 Å². The van der Waals surface area contributed by atoms with Gasteiger partial charge in [-0.05, 0) is 63.7 Å².